The molecule has 0 radical (unpaired) electrons. The number of halogens is 2. The summed E-state index contributed by atoms with van der Waals surface area (Å²) in [5.74, 6) is -8.20. The second-order valence-corrected chi connectivity index (χ2v) is 18.0. The number of amides is 6. The maximum atomic E-state index is 14.7. The summed E-state index contributed by atoms with van der Waals surface area (Å²) in [6, 6.07) is -0.822. The summed E-state index contributed by atoms with van der Waals surface area (Å²) >= 11 is 0. The van der Waals surface area contributed by atoms with Crippen LogP contribution < -0.4 is 27.0 Å². The number of nitrogens with two attached hydrogens (primary N) is 1. The van der Waals surface area contributed by atoms with Crippen LogP contribution in [-0.2, 0) is 34.6 Å². The van der Waals surface area contributed by atoms with Gasteiger partial charge in [-0.3, -0.25) is 24.0 Å². The van der Waals surface area contributed by atoms with Gasteiger partial charge in [0.1, 0.15) is 17.7 Å². The van der Waals surface area contributed by atoms with Crippen molar-refractivity contribution in [2.24, 2.45) is 11.7 Å². The van der Waals surface area contributed by atoms with Crippen LogP contribution in [0, 0.1) is 5.92 Å². The van der Waals surface area contributed by atoms with Crippen molar-refractivity contribution < 1.29 is 51.1 Å². The molecule has 0 bridgehead atoms. The number of alkyl halides is 2. The van der Waals surface area contributed by atoms with Gasteiger partial charge >= 0.3 is 11.8 Å². The van der Waals surface area contributed by atoms with Gasteiger partial charge in [-0.15, -0.1) is 5.10 Å². The van der Waals surface area contributed by atoms with E-state index in [0.29, 0.717) is 18.5 Å². The standard InChI is InChI=1S/C38H53F2N9O9S/c1-38(2,56)30-20-43-47-49(30)25-19-29(34(53)45-27(31(50)32(41)51)10-6-7-17-42-37(55)44-24-13-14-24)48(21-25)35(54)28(18-22-8-4-3-5-9-22)46-33(52)23-11-15-26(16-12-23)59(57,58)36(39)40/h11-12,15-16,20,22,24-25,27-29,36,56H,3-10,13-14,17-19,21H2,1-2H3,(H2,41,51)(H,45,53)(H,46,52)(H2,42,44,55)/t25?,27?,28-,29?/m1/s1. The molecule has 6 amide bonds. The molecule has 2 aromatic rings. The number of nitrogens with zero attached hydrogens (tertiary/aromatic N) is 4. The molecule has 3 fully saturated rings. The molecule has 1 saturated heterocycles. The maximum absolute atomic E-state index is 14.7. The number of benzene rings is 1. The zero-order valence-electron chi connectivity index (χ0n) is 33.1. The molecule has 4 atom stereocenters. The van der Waals surface area contributed by atoms with E-state index in [1.807, 2.05) is 0 Å². The smallest absolute Gasteiger partial charge is 0.341 e. The molecule has 2 aliphatic carbocycles. The van der Waals surface area contributed by atoms with Gasteiger partial charge in [-0.05, 0) is 82.6 Å². The van der Waals surface area contributed by atoms with Crippen molar-refractivity contribution in [3.05, 3.63) is 41.7 Å². The lowest BCUT2D eigenvalue weighted by Gasteiger charge is -2.32. The topological polar surface area (TPSA) is 265 Å². The lowest BCUT2D eigenvalue weighted by atomic mass is 9.84. The summed E-state index contributed by atoms with van der Waals surface area (Å²) in [4.78, 5) is 80.3. The largest absolute Gasteiger partial charge is 0.384 e. The van der Waals surface area contributed by atoms with E-state index in [0.717, 1.165) is 69.2 Å². The van der Waals surface area contributed by atoms with E-state index >= 15 is 0 Å². The number of primary amides is 1. The summed E-state index contributed by atoms with van der Waals surface area (Å²) in [6.45, 7) is 3.17. The summed E-state index contributed by atoms with van der Waals surface area (Å²) in [6.07, 6.45) is 8.39. The number of nitrogens with one attached hydrogen (secondary N) is 4. The number of hydrogen-bond donors (Lipinski definition) is 6. The molecular formula is C38H53F2N9O9S. The minimum absolute atomic E-state index is 0.00672. The van der Waals surface area contributed by atoms with Crippen LogP contribution >= 0.6 is 0 Å². The zero-order valence-corrected chi connectivity index (χ0v) is 33.9. The lowest BCUT2D eigenvalue weighted by molar-refractivity contribution is -0.142. The minimum Gasteiger partial charge on any atom is -0.384 e. The van der Waals surface area contributed by atoms with Crippen molar-refractivity contribution in [2.45, 2.75) is 137 Å². The number of aromatic nitrogens is 3. The predicted octanol–water partition coefficient (Wildman–Crippen LogP) is 1.58. The van der Waals surface area contributed by atoms with E-state index in [1.165, 1.54) is 29.6 Å². The number of sulfone groups is 1. The molecule has 2 heterocycles. The number of aliphatic hydroxyl groups is 1. The minimum atomic E-state index is -4.92. The fourth-order valence-electron chi connectivity index (χ4n) is 7.60. The van der Waals surface area contributed by atoms with E-state index in [4.69, 9.17) is 5.73 Å². The van der Waals surface area contributed by atoms with Gasteiger partial charge in [-0.25, -0.2) is 17.9 Å². The number of unbranched alkanes of at least 4 members (excludes halogenated alkanes) is 1. The van der Waals surface area contributed by atoms with Crippen molar-refractivity contribution in [3.63, 3.8) is 0 Å². The molecule has 5 rings (SSSR count). The third-order valence-electron chi connectivity index (χ3n) is 11.0. The molecule has 1 aliphatic heterocycles. The summed E-state index contributed by atoms with van der Waals surface area (Å²) in [5.41, 5.74) is 4.13. The fraction of sp³-hybridized carbons (Fsp3) is 0.632. The average molecular weight is 850 g/mol. The molecule has 2 saturated carbocycles. The fourth-order valence-corrected chi connectivity index (χ4v) is 8.32. The van der Waals surface area contributed by atoms with Gasteiger partial charge in [-0.1, -0.05) is 37.3 Å². The third kappa shape index (κ3) is 11.8. The van der Waals surface area contributed by atoms with Crippen LogP contribution in [0.1, 0.15) is 113 Å². The molecule has 1 aromatic carbocycles. The van der Waals surface area contributed by atoms with Gasteiger partial charge < -0.3 is 37.0 Å². The first-order chi connectivity index (χ1) is 27.9. The molecule has 7 N–H and O–H groups in total. The number of carbonyl (C=O) groups excluding carboxylic acids is 6. The van der Waals surface area contributed by atoms with E-state index < -0.39 is 79.7 Å². The van der Waals surface area contributed by atoms with Crippen LogP contribution in [0.5, 0.6) is 0 Å². The Kier molecular flexibility index (Phi) is 14.8. The van der Waals surface area contributed by atoms with Gasteiger partial charge in [0, 0.05) is 31.1 Å². The Labute approximate surface area is 340 Å². The van der Waals surface area contributed by atoms with Crippen molar-refractivity contribution in [1.82, 2.24) is 41.2 Å². The Morgan fingerprint density at radius 2 is 1.64 bits per heavy atom. The average Bonchev–Trinajstić information content (AvgIpc) is 3.65. The zero-order chi connectivity index (χ0) is 43.1. The van der Waals surface area contributed by atoms with Gasteiger partial charge in [0.2, 0.25) is 27.4 Å². The monoisotopic (exact) mass is 849 g/mol. The molecule has 1 aromatic heterocycles. The first kappa shape index (κ1) is 45.0. The number of likely N-dealkylation sites (tertiary alicyclic amines) is 1. The quantitative estimate of drug-likeness (QED) is 0.0873. The molecule has 324 valence electrons. The highest BCUT2D eigenvalue weighted by Gasteiger charge is 2.45. The third-order valence-corrected chi connectivity index (χ3v) is 12.4. The van der Waals surface area contributed by atoms with Crippen LogP contribution in [0.15, 0.2) is 35.4 Å². The van der Waals surface area contributed by atoms with Gasteiger partial charge in [-0.2, -0.15) is 8.78 Å². The molecule has 18 nitrogen and oxygen atoms in total. The van der Waals surface area contributed by atoms with Crippen LogP contribution in [0.4, 0.5) is 13.6 Å². The Bertz CT molecular complexity index is 1960. The van der Waals surface area contributed by atoms with Crippen molar-refractivity contribution in [3.8, 4) is 0 Å². The summed E-state index contributed by atoms with van der Waals surface area (Å²) in [5, 5.41) is 29.8. The number of urea groups is 1. The van der Waals surface area contributed by atoms with E-state index in [-0.39, 0.29) is 55.9 Å². The van der Waals surface area contributed by atoms with E-state index in [1.54, 1.807) is 0 Å². The van der Waals surface area contributed by atoms with Crippen molar-refractivity contribution in [1.29, 1.82) is 0 Å². The SMILES string of the molecule is CC(C)(O)c1cnnn1C1CC(C(=O)NC(CCCCNC(=O)NC2CC2)C(=O)C(N)=O)N(C(=O)[C@@H](CC2CCCCC2)NC(=O)c2ccc(S(=O)(=O)C(F)F)cc2)C1. The number of carbonyl (C=O) groups is 6. The van der Waals surface area contributed by atoms with Crippen molar-refractivity contribution in [2.75, 3.05) is 13.1 Å². The van der Waals surface area contributed by atoms with Gasteiger partial charge in [0.15, 0.2) is 0 Å². The number of hydrogen-bond acceptors (Lipinski definition) is 11. The summed E-state index contributed by atoms with van der Waals surface area (Å²) < 4.78 is 51.7. The molecule has 21 heteroatoms. The van der Waals surface area contributed by atoms with Crippen LogP contribution in [-0.4, -0.2) is 112 Å². The van der Waals surface area contributed by atoms with Crippen LogP contribution in [0.25, 0.3) is 0 Å². The number of ketones is 1. The number of rotatable bonds is 19. The van der Waals surface area contributed by atoms with E-state index in [9.17, 15) is 51.1 Å². The summed E-state index contributed by atoms with van der Waals surface area (Å²) in [7, 11) is -4.92. The molecule has 0 spiro atoms. The molecule has 3 unspecified atom stereocenters. The predicted molar refractivity (Wildman–Crippen MR) is 206 cm³/mol. The molecule has 59 heavy (non-hydrogen) atoms. The lowest BCUT2D eigenvalue weighted by Crippen LogP contribution is -2.56. The van der Waals surface area contributed by atoms with Crippen LogP contribution in [0.2, 0.25) is 0 Å². The number of Topliss-reactive ketones (excluding diaryl/α,β-unsaturated/α-hetero) is 1. The highest BCUT2D eigenvalue weighted by atomic mass is 32.2. The Morgan fingerprint density at radius 3 is 2.25 bits per heavy atom. The maximum Gasteiger partial charge on any atom is 0.341 e. The normalized spacial score (nSPS) is 19.8. The Morgan fingerprint density at radius 1 is 0.966 bits per heavy atom. The molecule has 3 aliphatic rings. The van der Waals surface area contributed by atoms with Gasteiger partial charge in [0.05, 0.1) is 28.9 Å². The van der Waals surface area contributed by atoms with Crippen molar-refractivity contribution >= 4 is 45.3 Å². The Balaban J connectivity index is 1.39. The first-order valence-corrected chi connectivity index (χ1v) is 21.5. The van der Waals surface area contributed by atoms with E-state index in [2.05, 4.69) is 31.6 Å². The first-order valence-electron chi connectivity index (χ1n) is 19.9. The Hall–Kier alpha value is -5.05. The molecular weight excluding hydrogens is 797 g/mol. The van der Waals surface area contributed by atoms with Crippen LogP contribution in [0.3, 0.4) is 0 Å². The second-order valence-electron chi connectivity index (χ2n) is 16.1. The second kappa shape index (κ2) is 19.3. The van der Waals surface area contributed by atoms with Gasteiger partial charge in [0.25, 0.3) is 11.8 Å². The highest BCUT2D eigenvalue weighted by molar-refractivity contribution is 7.91. The highest BCUT2D eigenvalue weighted by Crippen LogP contribution is 2.34.